The number of halogens is 1. The average molecular weight is 313 g/mol. The van der Waals surface area contributed by atoms with Crippen molar-refractivity contribution in [2.24, 2.45) is 5.92 Å². The first-order valence-electron chi connectivity index (χ1n) is 7.41. The van der Waals surface area contributed by atoms with Crippen LogP contribution in [0.1, 0.15) is 30.9 Å². The second-order valence-corrected chi connectivity index (χ2v) is 5.30. The second-order valence-electron chi connectivity index (χ2n) is 5.30. The quantitative estimate of drug-likeness (QED) is 0.735. The number of benzene rings is 1. The zero-order valence-corrected chi connectivity index (χ0v) is 13.4. The number of hydrogen-bond acceptors (Lipinski definition) is 3. The van der Waals surface area contributed by atoms with Crippen molar-refractivity contribution in [2.75, 3.05) is 19.7 Å². The molecule has 1 aromatic rings. The Kier molecular flexibility index (Phi) is 8.35. The molecule has 0 unspecified atom stereocenters. The van der Waals surface area contributed by atoms with Gasteiger partial charge in [-0.3, -0.25) is 4.79 Å². The summed E-state index contributed by atoms with van der Waals surface area (Å²) in [5, 5.41) is 6.11. The summed E-state index contributed by atoms with van der Waals surface area (Å²) in [6, 6.07) is 8.16. The molecule has 0 saturated heterocycles. The maximum atomic E-state index is 11.6. The number of carbonyl (C=O) groups is 1. The second kappa shape index (κ2) is 9.77. The zero-order chi connectivity index (χ0) is 14.2. The predicted molar refractivity (Wildman–Crippen MR) is 86.5 cm³/mol. The van der Waals surface area contributed by atoms with Gasteiger partial charge < -0.3 is 15.4 Å². The van der Waals surface area contributed by atoms with Crippen molar-refractivity contribution < 1.29 is 9.53 Å². The van der Waals surface area contributed by atoms with Crippen molar-refractivity contribution in [3.05, 3.63) is 35.4 Å². The summed E-state index contributed by atoms with van der Waals surface area (Å²) in [5.74, 6) is 0.865. The van der Waals surface area contributed by atoms with Crippen molar-refractivity contribution >= 4 is 18.3 Å². The van der Waals surface area contributed by atoms with E-state index in [0.717, 1.165) is 30.2 Å². The maximum Gasteiger partial charge on any atom is 0.234 e. The van der Waals surface area contributed by atoms with Gasteiger partial charge in [-0.2, -0.15) is 0 Å². The molecule has 1 amide bonds. The molecule has 1 aliphatic carbocycles. The third-order valence-electron chi connectivity index (χ3n) is 3.40. The lowest BCUT2D eigenvalue weighted by Crippen LogP contribution is -2.34. The Bertz CT molecular complexity index is 419. The van der Waals surface area contributed by atoms with Crippen LogP contribution < -0.4 is 10.6 Å². The fourth-order valence-electron chi connectivity index (χ4n) is 1.95. The van der Waals surface area contributed by atoms with E-state index in [1.165, 1.54) is 12.8 Å². The molecular formula is C16H25ClN2O2. The zero-order valence-electron chi connectivity index (χ0n) is 12.6. The van der Waals surface area contributed by atoms with Crippen molar-refractivity contribution in [1.82, 2.24) is 10.6 Å². The Labute approximate surface area is 133 Å². The molecule has 118 valence electrons. The van der Waals surface area contributed by atoms with Crippen LogP contribution in [0.3, 0.4) is 0 Å². The minimum Gasteiger partial charge on any atom is -0.377 e. The highest BCUT2D eigenvalue weighted by Gasteiger charge is 2.20. The molecule has 1 fully saturated rings. The predicted octanol–water partition coefficient (Wildman–Crippen LogP) is 2.26. The Morgan fingerprint density at radius 2 is 1.90 bits per heavy atom. The molecule has 21 heavy (non-hydrogen) atoms. The molecule has 1 aromatic carbocycles. The summed E-state index contributed by atoms with van der Waals surface area (Å²) in [4.78, 5) is 11.6. The minimum atomic E-state index is 0. The van der Waals surface area contributed by atoms with E-state index in [1.807, 2.05) is 31.2 Å². The van der Waals surface area contributed by atoms with Crippen LogP contribution in [-0.2, 0) is 22.7 Å². The number of nitrogens with one attached hydrogen (secondary N) is 2. The molecule has 0 atom stereocenters. The van der Waals surface area contributed by atoms with Gasteiger partial charge in [-0.15, -0.1) is 12.4 Å². The van der Waals surface area contributed by atoms with Gasteiger partial charge in [0.05, 0.1) is 13.2 Å². The molecule has 4 nitrogen and oxygen atoms in total. The van der Waals surface area contributed by atoms with E-state index in [-0.39, 0.29) is 18.3 Å². The number of hydrogen-bond donors (Lipinski definition) is 2. The van der Waals surface area contributed by atoms with E-state index in [4.69, 9.17) is 4.74 Å². The summed E-state index contributed by atoms with van der Waals surface area (Å²) in [7, 11) is 0. The Balaban J connectivity index is 0.00000220. The van der Waals surface area contributed by atoms with Crippen LogP contribution in [0.5, 0.6) is 0 Å². The number of rotatable bonds is 9. The highest BCUT2D eigenvalue weighted by molar-refractivity contribution is 5.85. The minimum absolute atomic E-state index is 0. The van der Waals surface area contributed by atoms with E-state index >= 15 is 0 Å². The van der Waals surface area contributed by atoms with Crippen LogP contribution in [0, 0.1) is 5.92 Å². The van der Waals surface area contributed by atoms with E-state index in [2.05, 4.69) is 10.6 Å². The largest absolute Gasteiger partial charge is 0.377 e. The van der Waals surface area contributed by atoms with Crippen LogP contribution in [-0.4, -0.2) is 25.6 Å². The van der Waals surface area contributed by atoms with Crippen LogP contribution in [0.25, 0.3) is 0 Å². The van der Waals surface area contributed by atoms with E-state index in [9.17, 15) is 4.79 Å². The van der Waals surface area contributed by atoms with Crippen LogP contribution >= 0.6 is 12.4 Å². The molecule has 1 saturated carbocycles. The van der Waals surface area contributed by atoms with Gasteiger partial charge >= 0.3 is 0 Å². The van der Waals surface area contributed by atoms with E-state index in [1.54, 1.807) is 0 Å². The van der Waals surface area contributed by atoms with Crippen molar-refractivity contribution in [3.8, 4) is 0 Å². The van der Waals surface area contributed by atoms with Gasteiger partial charge in [0.2, 0.25) is 5.91 Å². The Morgan fingerprint density at radius 1 is 1.24 bits per heavy atom. The van der Waals surface area contributed by atoms with Gasteiger partial charge in [0.1, 0.15) is 0 Å². The summed E-state index contributed by atoms with van der Waals surface area (Å²) in [6.45, 7) is 5.33. The average Bonchev–Trinajstić information content (AvgIpc) is 3.28. The van der Waals surface area contributed by atoms with Crippen molar-refractivity contribution in [1.29, 1.82) is 0 Å². The lowest BCUT2D eigenvalue weighted by Gasteiger charge is -2.07. The topological polar surface area (TPSA) is 50.4 Å². The molecule has 0 heterocycles. The third kappa shape index (κ3) is 7.46. The summed E-state index contributed by atoms with van der Waals surface area (Å²) in [5.41, 5.74) is 2.27. The Hall–Kier alpha value is -1.10. The molecule has 2 rings (SSSR count). The molecule has 0 bridgehead atoms. The first-order valence-corrected chi connectivity index (χ1v) is 7.41. The van der Waals surface area contributed by atoms with Gasteiger partial charge in [0.15, 0.2) is 0 Å². The van der Waals surface area contributed by atoms with E-state index < -0.39 is 0 Å². The third-order valence-corrected chi connectivity index (χ3v) is 3.40. The van der Waals surface area contributed by atoms with Crippen LogP contribution in [0.15, 0.2) is 24.3 Å². The molecule has 1 aliphatic rings. The number of ether oxygens (including phenoxy) is 1. The highest BCUT2D eigenvalue weighted by Crippen LogP contribution is 2.27. The molecule has 0 aromatic heterocycles. The maximum absolute atomic E-state index is 11.6. The molecule has 2 N–H and O–H groups in total. The first-order chi connectivity index (χ1) is 9.78. The smallest absolute Gasteiger partial charge is 0.234 e. The lowest BCUT2D eigenvalue weighted by atomic mass is 10.1. The van der Waals surface area contributed by atoms with Crippen molar-refractivity contribution in [2.45, 2.75) is 32.9 Å². The lowest BCUT2D eigenvalue weighted by molar-refractivity contribution is -0.120. The fourth-order valence-corrected chi connectivity index (χ4v) is 1.95. The fraction of sp³-hybridized carbons (Fsp3) is 0.562. The molecule has 5 heteroatoms. The van der Waals surface area contributed by atoms with Gasteiger partial charge in [-0.25, -0.2) is 0 Å². The SMILES string of the molecule is CCOCc1ccc(CNC(=O)CNCC2CC2)cc1.Cl. The molecular weight excluding hydrogens is 288 g/mol. The van der Waals surface area contributed by atoms with Gasteiger partial charge in [-0.05, 0) is 43.4 Å². The number of amides is 1. The monoisotopic (exact) mass is 312 g/mol. The van der Waals surface area contributed by atoms with Gasteiger partial charge in [-0.1, -0.05) is 24.3 Å². The van der Waals surface area contributed by atoms with Crippen molar-refractivity contribution in [3.63, 3.8) is 0 Å². The Morgan fingerprint density at radius 3 is 2.52 bits per heavy atom. The normalized spacial score (nSPS) is 13.6. The van der Waals surface area contributed by atoms with E-state index in [0.29, 0.717) is 19.7 Å². The first kappa shape index (κ1) is 18.0. The van der Waals surface area contributed by atoms with Crippen LogP contribution in [0.2, 0.25) is 0 Å². The molecule has 0 aliphatic heterocycles. The van der Waals surface area contributed by atoms with Gasteiger partial charge in [0, 0.05) is 13.2 Å². The summed E-state index contributed by atoms with van der Waals surface area (Å²) >= 11 is 0. The summed E-state index contributed by atoms with van der Waals surface area (Å²) in [6.07, 6.45) is 2.62. The number of carbonyl (C=O) groups excluding carboxylic acids is 1. The van der Waals surface area contributed by atoms with Crippen LogP contribution in [0.4, 0.5) is 0 Å². The summed E-state index contributed by atoms with van der Waals surface area (Å²) < 4.78 is 5.35. The molecule has 0 spiro atoms. The standard InChI is InChI=1S/C16H24N2O2.ClH/c1-2-20-12-15-7-5-14(6-8-15)10-18-16(19)11-17-9-13-3-4-13;/h5-8,13,17H,2-4,9-12H2,1H3,(H,18,19);1H. The van der Waals surface area contributed by atoms with Gasteiger partial charge in [0.25, 0.3) is 0 Å². The molecule has 0 radical (unpaired) electrons. The highest BCUT2D eigenvalue weighted by atomic mass is 35.5.